The zero-order valence-electron chi connectivity index (χ0n) is 11.3. The number of hydrogen-bond donors (Lipinski definition) is 0. The average Bonchev–Trinajstić information content (AvgIpc) is 2.29. The van der Waals surface area contributed by atoms with Gasteiger partial charge in [-0.3, -0.25) is 0 Å². The molecule has 0 aromatic carbocycles. The van der Waals surface area contributed by atoms with Gasteiger partial charge >= 0.3 is 0 Å². The number of nitrogens with zero attached hydrogens (tertiary/aromatic N) is 2. The molecule has 0 aromatic rings. The summed E-state index contributed by atoms with van der Waals surface area (Å²) in [5.41, 5.74) is 0. The van der Waals surface area contributed by atoms with Gasteiger partial charge in [-0.15, -0.1) is 0 Å². The van der Waals surface area contributed by atoms with Crippen LogP contribution < -0.4 is 0 Å². The third kappa shape index (κ3) is 2.98. The first-order valence-electron chi connectivity index (χ1n) is 7.07. The molecule has 0 spiro atoms. The van der Waals surface area contributed by atoms with Crippen molar-refractivity contribution in [3.05, 3.63) is 0 Å². The van der Waals surface area contributed by atoms with E-state index in [-0.39, 0.29) is 0 Å². The van der Waals surface area contributed by atoms with E-state index in [1.165, 1.54) is 51.6 Å². The van der Waals surface area contributed by atoms with Gasteiger partial charge in [0.25, 0.3) is 0 Å². The second-order valence-corrected chi connectivity index (χ2v) is 6.13. The van der Waals surface area contributed by atoms with Crippen LogP contribution in [0.5, 0.6) is 0 Å². The fourth-order valence-electron chi connectivity index (χ4n) is 3.47. The van der Waals surface area contributed by atoms with Crippen molar-refractivity contribution in [2.75, 3.05) is 27.2 Å². The Kier molecular flexibility index (Phi) is 4.26. The van der Waals surface area contributed by atoms with Gasteiger partial charge in [0.2, 0.25) is 0 Å². The van der Waals surface area contributed by atoms with E-state index in [2.05, 4.69) is 30.8 Å². The van der Waals surface area contributed by atoms with Crippen molar-refractivity contribution in [1.29, 1.82) is 0 Å². The number of likely N-dealkylation sites (tertiary alicyclic amines) is 1. The van der Waals surface area contributed by atoms with E-state index >= 15 is 0 Å². The lowest BCUT2D eigenvalue weighted by molar-refractivity contribution is 0.0774. The number of rotatable bonds is 2. The highest BCUT2D eigenvalue weighted by atomic mass is 15.2. The van der Waals surface area contributed by atoms with Gasteiger partial charge in [-0.1, -0.05) is 19.8 Å². The Morgan fingerprint density at radius 3 is 2.31 bits per heavy atom. The van der Waals surface area contributed by atoms with Crippen molar-refractivity contribution in [2.45, 2.75) is 57.5 Å². The molecule has 1 saturated heterocycles. The number of hydrogen-bond acceptors (Lipinski definition) is 2. The van der Waals surface area contributed by atoms with Crippen LogP contribution in [0.2, 0.25) is 0 Å². The maximum absolute atomic E-state index is 2.71. The van der Waals surface area contributed by atoms with E-state index < -0.39 is 0 Å². The summed E-state index contributed by atoms with van der Waals surface area (Å²) in [4.78, 5) is 5.18. The van der Waals surface area contributed by atoms with Gasteiger partial charge in [-0.2, -0.15) is 0 Å². The summed E-state index contributed by atoms with van der Waals surface area (Å²) in [6.45, 7) is 5.00. The minimum Gasteiger partial charge on any atom is -0.306 e. The predicted molar refractivity (Wildman–Crippen MR) is 69.7 cm³/mol. The molecule has 1 aliphatic heterocycles. The molecule has 0 amide bonds. The van der Waals surface area contributed by atoms with Crippen LogP contribution in [0.1, 0.15) is 45.4 Å². The van der Waals surface area contributed by atoms with Crippen LogP contribution in [0.3, 0.4) is 0 Å². The molecule has 2 nitrogen and oxygen atoms in total. The van der Waals surface area contributed by atoms with Crippen LogP contribution in [0.15, 0.2) is 0 Å². The van der Waals surface area contributed by atoms with E-state index in [1.54, 1.807) is 0 Å². The molecule has 0 bridgehead atoms. The standard InChI is InChI=1S/C14H28N2/c1-12-5-4-6-14(11-12)16(3)13-7-9-15(2)10-8-13/h12-14H,4-11H2,1-3H3/t12-,14-/m0/s1. The van der Waals surface area contributed by atoms with Gasteiger partial charge in [0, 0.05) is 12.1 Å². The first-order valence-corrected chi connectivity index (χ1v) is 7.07. The van der Waals surface area contributed by atoms with Crippen LogP contribution in [0.25, 0.3) is 0 Å². The third-order valence-corrected chi connectivity index (χ3v) is 4.75. The average molecular weight is 224 g/mol. The summed E-state index contributed by atoms with van der Waals surface area (Å²) in [5.74, 6) is 0.951. The van der Waals surface area contributed by atoms with Crippen LogP contribution in [0.4, 0.5) is 0 Å². The molecule has 2 fully saturated rings. The largest absolute Gasteiger partial charge is 0.306 e. The van der Waals surface area contributed by atoms with Gasteiger partial charge in [-0.25, -0.2) is 0 Å². The molecule has 2 rings (SSSR count). The quantitative estimate of drug-likeness (QED) is 0.711. The lowest BCUT2D eigenvalue weighted by Crippen LogP contribution is -2.47. The van der Waals surface area contributed by atoms with E-state index in [0.717, 1.165) is 18.0 Å². The highest BCUT2D eigenvalue weighted by molar-refractivity contribution is 4.84. The lowest BCUT2D eigenvalue weighted by atomic mass is 9.85. The van der Waals surface area contributed by atoms with E-state index in [1.807, 2.05) is 0 Å². The Balaban J connectivity index is 1.84. The molecule has 1 saturated carbocycles. The molecule has 94 valence electrons. The highest BCUT2D eigenvalue weighted by Crippen LogP contribution is 2.29. The maximum Gasteiger partial charge on any atom is 0.0119 e. The summed E-state index contributed by atoms with van der Waals surface area (Å²) >= 11 is 0. The molecular weight excluding hydrogens is 196 g/mol. The zero-order chi connectivity index (χ0) is 11.5. The van der Waals surface area contributed by atoms with Crippen LogP contribution in [0, 0.1) is 5.92 Å². The Hall–Kier alpha value is -0.0800. The van der Waals surface area contributed by atoms with Crippen molar-refractivity contribution < 1.29 is 0 Å². The molecule has 1 heterocycles. The van der Waals surface area contributed by atoms with Crippen LogP contribution in [-0.2, 0) is 0 Å². The van der Waals surface area contributed by atoms with Gasteiger partial charge in [0.05, 0.1) is 0 Å². The van der Waals surface area contributed by atoms with E-state index in [0.29, 0.717) is 0 Å². The molecule has 0 N–H and O–H groups in total. The zero-order valence-corrected chi connectivity index (χ0v) is 11.3. The SMILES string of the molecule is C[C@H]1CCC[C@H](N(C)C2CCN(C)CC2)C1. The summed E-state index contributed by atoms with van der Waals surface area (Å²) in [6, 6.07) is 1.73. The van der Waals surface area contributed by atoms with Crippen molar-refractivity contribution in [3.63, 3.8) is 0 Å². The molecular formula is C14H28N2. The fraction of sp³-hybridized carbons (Fsp3) is 1.00. The summed E-state index contributed by atoms with van der Waals surface area (Å²) < 4.78 is 0. The topological polar surface area (TPSA) is 6.48 Å². The summed E-state index contributed by atoms with van der Waals surface area (Å²) in [7, 11) is 4.62. The van der Waals surface area contributed by atoms with Gasteiger partial charge < -0.3 is 9.80 Å². The maximum atomic E-state index is 2.71. The molecule has 0 unspecified atom stereocenters. The lowest BCUT2D eigenvalue weighted by Gasteiger charge is -2.42. The Labute approximate surface area is 101 Å². The Bertz CT molecular complexity index is 209. The Morgan fingerprint density at radius 1 is 1.00 bits per heavy atom. The minimum absolute atomic E-state index is 0.853. The Morgan fingerprint density at radius 2 is 1.69 bits per heavy atom. The summed E-state index contributed by atoms with van der Waals surface area (Å²) in [5, 5.41) is 0. The smallest absolute Gasteiger partial charge is 0.0119 e. The molecule has 2 aliphatic rings. The molecule has 0 aromatic heterocycles. The molecule has 2 atom stereocenters. The van der Waals surface area contributed by atoms with Crippen molar-refractivity contribution >= 4 is 0 Å². The highest BCUT2D eigenvalue weighted by Gasteiger charge is 2.28. The minimum atomic E-state index is 0.853. The molecule has 1 aliphatic carbocycles. The van der Waals surface area contributed by atoms with Crippen LogP contribution >= 0.6 is 0 Å². The van der Waals surface area contributed by atoms with Crippen molar-refractivity contribution in [2.24, 2.45) is 5.92 Å². The van der Waals surface area contributed by atoms with Gasteiger partial charge in [0.1, 0.15) is 0 Å². The van der Waals surface area contributed by atoms with E-state index in [4.69, 9.17) is 0 Å². The number of piperidine rings is 1. The normalized spacial score (nSPS) is 34.5. The first kappa shape index (κ1) is 12.4. The first-order chi connectivity index (χ1) is 7.66. The van der Waals surface area contributed by atoms with Gasteiger partial charge in [-0.05, 0) is 58.8 Å². The monoisotopic (exact) mass is 224 g/mol. The molecule has 0 radical (unpaired) electrons. The van der Waals surface area contributed by atoms with Crippen molar-refractivity contribution in [1.82, 2.24) is 9.80 Å². The fourth-order valence-corrected chi connectivity index (χ4v) is 3.47. The van der Waals surface area contributed by atoms with E-state index in [9.17, 15) is 0 Å². The predicted octanol–water partition coefficient (Wildman–Crippen LogP) is 2.59. The second kappa shape index (κ2) is 5.50. The molecule has 2 heteroatoms. The third-order valence-electron chi connectivity index (χ3n) is 4.75. The molecule has 16 heavy (non-hydrogen) atoms. The van der Waals surface area contributed by atoms with Crippen LogP contribution in [-0.4, -0.2) is 49.1 Å². The second-order valence-electron chi connectivity index (χ2n) is 6.13. The van der Waals surface area contributed by atoms with Crippen molar-refractivity contribution in [3.8, 4) is 0 Å². The van der Waals surface area contributed by atoms with Gasteiger partial charge in [0.15, 0.2) is 0 Å². The summed E-state index contributed by atoms with van der Waals surface area (Å²) in [6.07, 6.45) is 8.52.